The summed E-state index contributed by atoms with van der Waals surface area (Å²) in [7, 11) is 0. The molecular weight excluding hydrogens is 230 g/mol. The molecule has 4 nitrogen and oxygen atoms in total. The topological polar surface area (TPSA) is 83.6 Å². The van der Waals surface area contributed by atoms with Crippen LogP contribution < -0.4 is 5.73 Å². The smallest absolute Gasteiger partial charge is 0.249 e. The monoisotopic (exact) mass is 251 g/mol. The fourth-order valence-electron chi connectivity index (χ4n) is 2.23. The second-order valence-electron chi connectivity index (χ2n) is 4.50. The summed E-state index contributed by atoms with van der Waals surface area (Å²) < 4.78 is 0. The van der Waals surface area contributed by atoms with E-state index in [0.717, 1.165) is 29.5 Å². The molecule has 18 heavy (non-hydrogen) atoms. The quantitative estimate of drug-likeness (QED) is 0.730. The molecule has 0 aliphatic heterocycles. The summed E-state index contributed by atoms with van der Waals surface area (Å²) in [4.78, 5) is 11.0. The maximum Gasteiger partial charge on any atom is 0.249 e. The van der Waals surface area contributed by atoms with Crippen molar-refractivity contribution in [3.63, 3.8) is 0 Å². The van der Waals surface area contributed by atoms with Crippen molar-refractivity contribution in [3.8, 4) is 0 Å². The molecule has 0 aliphatic rings. The number of aliphatic hydroxyl groups is 2. The summed E-state index contributed by atoms with van der Waals surface area (Å²) in [6, 6.07) is 3.93. The minimum Gasteiger partial charge on any atom is -0.385 e. The van der Waals surface area contributed by atoms with Crippen LogP contribution >= 0.6 is 0 Å². The standard InChI is InChI=1S/C14H21NO3/c1-4-9-6-8(3)7-10(5-2)11(9)12(16)13(17)14(15)18/h6-7,12-13,16-17H,4-5H2,1-3H3,(H2,15,18). The molecule has 1 rings (SSSR count). The van der Waals surface area contributed by atoms with Crippen molar-refractivity contribution in [2.24, 2.45) is 5.73 Å². The van der Waals surface area contributed by atoms with Crippen LogP contribution in [0.2, 0.25) is 0 Å². The largest absolute Gasteiger partial charge is 0.385 e. The highest BCUT2D eigenvalue weighted by molar-refractivity contribution is 5.79. The van der Waals surface area contributed by atoms with Crippen LogP contribution in [0.25, 0.3) is 0 Å². The number of carbonyl (C=O) groups excluding carboxylic acids is 1. The number of primary amides is 1. The van der Waals surface area contributed by atoms with E-state index in [-0.39, 0.29) is 0 Å². The van der Waals surface area contributed by atoms with Crippen LogP contribution in [0.3, 0.4) is 0 Å². The van der Waals surface area contributed by atoms with Crippen LogP contribution in [0.4, 0.5) is 0 Å². The van der Waals surface area contributed by atoms with Crippen molar-refractivity contribution >= 4 is 5.91 Å². The van der Waals surface area contributed by atoms with Gasteiger partial charge in [0.25, 0.3) is 0 Å². The Kier molecular flexibility index (Phi) is 4.87. The molecule has 0 spiro atoms. The summed E-state index contributed by atoms with van der Waals surface area (Å²) >= 11 is 0. The van der Waals surface area contributed by atoms with Crippen LogP contribution in [0.5, 0.6) is 0 Å². The summed E-state index contributed by atoms with van der Waals surface area (Å²) in [5.41, 5.74) is 8.67. The summed E-state index contributed by atoms with van der Waals surface area (Å²) in [6.45, 7) is 5.93. The van der Waals surface area contributed by atoms with E-state index in [1.165, 1.54) is 0 Å². The second kappa shape index (κ2) is 5.98. The molecule has 2 unspecified atom stereocenters. The maximum absolute atomic E-state index is 11.0. The van der Waals surface area contributed by atoms with Crippen LogP contribution in [-0.2, 0) is 17.6 Å². The predicted octanol–water partition coefficient (Wildman–Crippen LogP) is 0.999. The van der Waals surface area contributed by atoms with Gasteiger partial charge >= 0.3 is 0 Å². The third-order valence-corrected chi connectivity index (χ3v) is 3.14. The van der Waals surface area contributed by atoms with E-state index < -0.39 is 18.1 Å². The zero-order chi connectivity index (χ0) is 13.9. The van der Waals surface area contributed by atoms with Crippen molar-refractivity contribution < 1.29 is 15.0 Å². The van der Waals surface area contributed by atoms with Gasteiger partial charge in [0.2, 0.25) is 5.91 Å². The molecule has 4 N–H and O–H groups in total. The van der Waals surface area contributed by atoms with Crippen LogP contribution in [0.15, 0.2) is 12.1 Å². The Morgan fingerprint density at radius 1 is 1.22 bits per heavy atom. The van der Waals surface area contributed by atoms with Crippen molar-refractivity contribution in [3.05, 3.63) is 34.4 Å². The number of hydrogen-bond acceptors (Lipinski definition) is 3. The van der Waals surface area contributed by atoms with Gasteiger partial charge in [-0.3, -0.25) is 4.79 Å². The molecule has 0 bridgehead atoms. The number of carbonyl (C=O) groups is 1. The fraction of sp³-hybridized carbons (Fsp3) is 0.500. The van der Waals surface area contributed by atoms with Crippen LogP contribution in [0.1, 0.15) is 42.2 Å². The third-order valence-electron chi connectivity index (χ3n) is 3.14. The normalized spacial score (nSPS) is 14.3. The molecule has 0 aliphatic carbocycles. The summed E-state index contributed by atoms with van der Waals surface area (Å²) in [5, 5.41) is 19.8. The lowest BCUT2D eigenvalue weighted by Gasteiger charge is -2.22. The molecule has 0 saturated carbocycles. The maximum atomic E-state index is 11.0. The molecule has 0 radical (unpaired) electrons. The molecule has 1 amide bonds. The lowest BCUT2D eigenvalue weighted by atomic mass is 9.89. The van der Waals surface area contributed by atoms with Gasteiger partial charge in [0.15, 0.2) is 6.10 Å². The summed E-state index contributed by atoms with van der Waals surface area (Å²) in [6.07, 6.45) is -1.37. The van der Waals surface area contributed by atoms with Gasteiger partial charge < -0.3 is 15.9 Å². The zero-order valence-corrected chi connectivity index (χ0v) is 11.1. The molecule has 1 aromatic rings. The average Bonchev–Trinajstić information content (AvgIpc) is 2.35. The Morgan fingerprint density at radius 3 is 2.00 bits per heavy atom. The Bertz CT molecular complexity index is 418. The molecule has 0 aromatic heterocycles. The minimum absolute atomic E-state index is 0.636. The first-order chi connectivity index (χ1) is 8.42. The number of amides is 1. The van der Waals surface area contributed by atoms with Gasteiger partial charge in [-0.05, 0) is 36.5 Å². The van der Waals surface area contributed by atoms with Crippen LogP contribution in [-0.4, -0.2) is 22.2 Å². The lowest BCUT2D eigenvalue weighted by molar-refractivity contribution is -0.132. The zero-order valence-electron chi connectivity index (χ0n) is 11.1. The number of aliphatic hydroxyl groups excluding tert-OH is 2. The highest BCUT2D eigenvalue weighted by atomic mass is 16.3. The Morgan fingerprint density at radius 2 is 1.67 bits per heavy atom. The summed E-state index contributed by atoms with van der Waals surface area (Å²) in [5.74, 6) is -0.910. The average molecular weight is 251 g/mol. The minimum atomic E-state index is -1.57. The van der Waals surface area contributed by atoms with Gasteiger partial charge in [0.05, 0.1) is 0 Å². The molecule has 0 heterocycles. The molecule has 2 atom stereocenters. The van der Waals surface area contributed by atoms with Gasteiger partial charge in [-0.2, -0.15) is 0 Å². The third kappa shape index (κ3) is 2.89. The number of nitrogens with two attached hydrogens (primary N) is 1. The molecule has 1 aromatic carbocycles. The first kappa shape index (κ1) is 14.7. The van der Waals surface area contributed by atoms with E-state index in [2.05, 4.69) is 0 Å². The molecular formula is C14H21NO3. The number of aryl methyl sites for hydroxylation is 3. The predicted molar refractivity (Wildman–Crippen MR) is 70.1 cm³/mol. The van der Waals surface area contributed by atoms with E-state index in [9.17, 15) is 15.0 Å². The Balaban J connectivity index is 3.32. The highest BCUT2D eigenvalue weighted by Crippen LogP contribution is 2.27. The van der Waals surface area contributed by atoms with E-state index in [0.29, 0.717) is 5.56 Å². The van der Waals surface area contributed by atoms with E-state index in [1.807, 2.05) is 32.9 Å². The van der Waals surface area contributed by atoms with Crippen molar-refractivity contribution in [2.45, 2.75) is 45.8 Å². The van der Waals surface area contributed by atoms with Gasteiger partial charge in [-0.25, -0.2) is 0 Å². The number of rotatable bonds is 5. The molecule has 0 saturated heterocycles. The van der Waals surface area contributed by atoms with Crippen molar-refractivity contribution in [2.75, 3.05) is 0 Å². The Labute approximate surface area is 107 Å². The van der Waals surface area contributed by atoms with Crippen molar-refractivity contribution in [1.29, 1.82) is 0 Å². The SMILES string of the molecule is CCc1cc(C)cc(CC)c1C(O)C(O)C(N)=O. The van der Waals surface area contributed by atoms with Crippen LogP contribution in [0, 0.1) is 6.92 Å². The lowest BCUT2D eigenvalue weighted by Crippen LogP contribution is -2.34. The van der Waals surface area contributed by atoms with Gasteiger partial charge in [-0.1, -0.05) is 31.5 Å². The number of hydrogen-bond donors (Lipinski definition) is 3. The fourth-order valence-corrected chi connectivity index (χ4v) is 2.23. The molecule has 0 fully saturated rings. The van der Waals surface area contributed by atoms with Gasteiger partial charge in [-0.15, -0.1) is 0 Å². The number of benzene rings is 1. The van der Waals surface area contributed by atoms with E-state index >= 15 is 0 Å². The molecule has 4 heteroatoms. The first-order valence-electron chi connectivity index (χ1n) is 6.20. The first-order valence-corrected chi connectivity index (χ1v) is 6.20. The Hall–Kier alpha value is -1.39. The highest BCUT2D eigenvalue weighted by Gasteiger charge is 2.27. The van der Waals surface area contributed by atoms with E-state index in [4.69, 9.17) is 5.73 Å². The van der Waals surface area contributed by atoms with E-state index in [1.54, 1.807) is 0 Å². The van der Waals surface area contributed by atoms with Gasteiger partial charge in [0.1, 0.15) is 6.10 Å². The second-order valence-corrected chi connectivity index (χ2v) is 4.50. The van der Waals surface area contributed by atoms with Crippen molar-refractivity contribution in [1.82, 2.24) is 0 Å². The van der Waals surface area contributed by atoms with Gasteiger partial charge in [0, 0.05) is 0 Å². The molecule has 100 valence electrons.